The lowest BCUT2D eigenvalue weighted by Crippen LogP contribution is -1.99. The summed E-state index contributed by atoms with van der Waals surface area (Å²) >= 11 is 7.90. The summed E-state index contributed by atoms with van der Waals surface area (Å²) in [5, 5.41) is 1.53. The van der Waals surface area contributed by atoms with Crippen LogP contribution in [0.25, 0.3) is 0 Å². The topological polar surface area (TPSA) is 38.9 Å². The molecule has 1 heterocycles. The molecule has 1 aromatic carbocycles. The Bertz CT molecular complexity index is 543. The molecule has 0 radical (unpaired) electrons. The highest BCUT2D eigenvalue weighted by atomic mass is 35.5. The van der Waals surface area contributed by atoms with Crippen molar-refractivity contribution in [1.82, 2.24) is 4.98 Å². The lowest BCUT2D eigenvalue weighted by molar-refractivity contribution is 1.02. The molecule has 0 saturated carbocycles. The minimum atomic E-state index is 0.444. The van der Waals surface area contributed by atoms with Crippen LogP contribution in [-0.2, 0) is 12.3 Å². The van der Waals surface area contributed by atoms with E-state index in [0.717, 1.165) is 16.3 Å². The van der Waals surface area contributed by atoms with Gasteiger partial charge in [-0.3, -0.25) is 0 Å². The molecule has 0 aliphatic carbocycles. The standard InChI is InChI=1S/C14H15ClN2S/c1-10-4-2-3-5-12(10)9-18-14-13(15)11(8-16)6-7-17-14/h2-7H,8-9,16H2,1H3. The summed E-state index contributed by atoms with van der Waals surface area (Å²) in [6, 6.07) is 10.2. The van der Waals surface area contributed by atoms with E-state index in [2.05, 4.69) is 24.0 Å². The third-order valence-corrected chi connectivity index (χ3v) is 4.35. The molecule has 0 spiro atoms. The summed E-state index contributed by atoms with van der Waals surface area (Å²) in [5.41, 5.74) is 9.17. The summed E-state index contributed by atoms with van der Waals surface area (Å²) in [6.07, 6.45) is 1.76. The lowest BCUT2D eigenvalue weighted by atomic mass is 10.1. The molecule has 1 aromatic heterocycles. The fraction of sp³-hybridized carbons (Fsp3) is 0.214. The molecule has 0 saturated heterocycles. The average Bonchev–Trinajstić information content (AvgIpc) is 2.39. The van der Waals surface area contributed by atoms with Crippen molar-refractivity contribution in [3.63, 3.8) is 0 Å². The summed E-state index contributed by atoms with van der Waals surface area (Å²) in [5.74, 6) is 0.868. The Hall–Kier alpha value is -1.03. The molecule has 0 aliphatic heterocycles. The first kappa shape index (κ1) is 13.4. The minimum absolute atomic E-state index is 0.444. The molecule has 2 nitrogen and oxygen atoms in total. The first-order valence-electron chi connectivity index (χ1n) is 5.73. The molecular formula is C14H15ClN2S. The Labute approximate surface area is 117 Å². The number of aryl methyl sites for hydroxylation is 1. The van der Waals surface area contributed by atoms with E-state index >= 15 is 0 Å². The van der Waals surface area contributed by atoms with Crippen molar-refractivity contribution in [3.8, 4) is 0 Å². The molecule has 2 aromatic rings. The smallest absolute Gasteiger partial charge is 0.115 e. The maximum absolute atomic E-state index is 6.25. The largest absolute Gasteiger partial charge is 0.326 e. The van der Waals surface area contributed by atoms with Gasteiger partial charge in [0.2, 0.25) is 0 Å². The third-order valence-electron chi connectivity index (χ3n) is 2.78. The number of aromatic nitrogens is 1. The van der Waals surface area contributed by atoms with Gasteiger partial charge in [-0.1, -0.05) is 35.9 Å². The maximum atomic E-state index is 6.25. The van der Waals surface area contributed by atoms with Gasteiger partial charge < -0.3 is 5.73 Å². The Balaban J connectivity index is 2.14. The second-order valence-corrected chi connectivity index (χ2v) is 5.35. The summed E-state index contributed by atoms with van der Waals surface area (Å²) in [6.45, 7) is 2.56. The van der Waals surface area contributed by atoms with Gasteiger partial charge in [0.25, 0.3) is 0 Å². The van der Waals surface area contributed by atoms with Crippen molar-refractivity contribution in [2.24, 2.45) is 5.73 Å². The highest BCUT2D eigenvalue weighted by molar-refractivity contribution is 7.98. The van der Waals surface area contributed by atoms with Gasteiger partial charge in [-0.05, 0) is 29.7 Å². The van der Waals surface area contributed by atoms with Crippen LogP contribution in [0.4, 0.5) is 0 Å². The van der Waals surface area contributed by atoms with Gasteiger partial charge in [-0.25, -0.2) is 4.98 Å². The lowest BCUT2D eigenvalue weighted by Gasteiger charge is -2.08. The molecule has 0 amide bonds. The fourth-order valence-corrected chi connectivity index (χ4v) is 3.00. The van der Waals surface area contributed by atoms with Crippen molar-refractivity contribution in [3.05, 3.63) is 58.2 Å². The molecule has 2 rings (SSSR count). The van der Waals surface area contributed by atoms with Gasteiger partial charge in [0, 0.05) is 18.5 Å². The van der Waals surface area contributed by atoms with Crippen molar-refractivity contribution >= 4 is 23.4 Å². The number of hydrogen-bond donors (Lipinski definition) is 1. The second-order valence-electron chi connectivity index (χ2n) is 4.01. The van der Waals surface area contributed by atoms with E-state index in [-0.39, 0.29) is 0 Å². The van der Waals surface area contributed by atoms with E-state index in [1.165, 1.54) is 11.1 Å². The summed E-state index contributed by atoms with van der Waals surface area (Å²) in [4.78, 5) is 4.31. The van der Waals surface area contributed by atoms with E-state index in [0.29, 0.717) is 11.6 Å². The predicted molar refractivity (Wildman–Crippen MR) is 77.9 cm³/mol. The van der Waals surface area contributed by atoms with Gasteiger partial charge in [-0.15, -0.1) is 11.8 Å². The zero-order chi connectivity index (χ0) is 13.0. The zero-order valence-corrected chi connectivity index (χ0v) is 11.8. The predicted octanol–water partition coefficient (Wildman–Crippen LogP) is 3.79. The minimum Gasteiger partial charge on any atom is -0.326 e. The molecule has 0 aliphatic rings. The van der Waals surface area contributed by atoms with E-state index in [1.54, 1.807) is 18.0 Å². The second kappa shape index (κ2) is 6.23. The summed E-state index contributed by atoms with van der Waals surface area (Å²) in [7, 11) is 0. The molecule has 0 fully saturated rings. The summed E-state index contributed by atoms with van der Waals surface area (Å²) < 4.78 is 0. The number of hydrogen-bond acceptors (Lipinski definition) is 3. The number of rotatable bonds is 4. The molecule has 0 unspecified atom stereocenters. The van der Waals surface area contributed by atoms with Crippen LogP contribution in [0.1, 0.15) is 16.7 Å². The van der Waals surface area contributed by atoms with E-state index in [1.807, 2.05) is 18.2 Å². The van der Waals surface area contributed by atoms with Crippen molar-refractivity contribution in [2.45, 2.75) is 24.2 Å². The Morgan fingerprint density at radius 2 is 2.00 bits per heavy atom. The number of nitrogens with two attached hydrogens (primary N) is 1. The number of thioether (sulfide) groups is 1. The highest BCUT2D eigenvalue weighted by Crippen LogP contribution is 2.30. The van der Waals surface area contributed by atoms with Crippen LogP contribution >= 0.6 is 23.4 Å². The van der Waals surface area contributed by atoms with Crippen LogP contribution in [-0.4, -0.2) is 4.98 Å². The molecule has 18 heavy (non-hydrogen) atoms. The Morgan fingerprint density at radius 1 is 1.22 bits per heavy atom. The molecule has 4 heteroatoms. The molecule has 0 bridgehead atoms. The third kappa shape index (κ3) is 3.05. The molecule has 0 atom stereocenters. The van der Waals surface area contributed by atoms with Gasteiger partial charge in [0.1, 0.15) is 5.03 Å². The van der Waals surface area contributed by atoms with Crippen LogP contribution in [0.2, 0.25) is 5.02 Å². The van der Waals surface area contributed by atoms with Crippen molar-refractivity contribution < 1.29 is 0 Å². The number of nitrogens with zero attached hydrogens (tertiary/aromatic N) is 1. The molecule has 94 valence electrons. The quantitative estimate of drug-likeness (QED) is 0.865. The SMILES string of the molecule is Cc1ccccc1CSc1nccc(CN)c1Cl. The fourth-order valence-electron chi connectivity index (χ4n) is 1.64. The van der Waals surface area contributed by atoms with Gasteiger partial charge >= 0.3 is 0 Å². The highest BCUT2D eigenvalue weighted by Gasteiger charge is 2.07. The van der Waals surface area contributed by atoms with E-state index in [9.17, 15) is 0 Å². The monoisotopic (exact) mass is 278 g/mol. The van der Waals surface area contributed by atoms with Crippen LogP contribution in [0.15, 0.2) is 41.6 Å². The Morgan fingerprint density at radius 3 is 2.72 bits per heavy atom. The number of pyridine rings is 1. The average molecular weight is 279 g/mol. The van der Waals surface area contributed by atoms with Crippen LogP contribution in [0.3, 0.4) is 0 Å². The molecule has 2 N–H and O–H groups in total. The van der Waals surface area contributed by atoms with E-state index < -0.39 is 0 Å². The van der Waals surface area contributed by atoms with Crippen molar-refractivity contribution in [1.29, 1.82) is 0 Å². The first-order chi connectivity index (χ1) is 8.72. The van der Waals surface area contributed by atoms with Crippen LogP contribution < -0.4 is 5.73 Å². The molecular weight excluding hydrogens is 264 g/mol. The van der Waals surface area contributed by atoms with Gasteiger partial charge in [0.05, 0.1) is 5.02 Å². The van der Waals surface area contributed by atoms with Gasteiger partial charge in [0.15, 0.2) is 0 Å². The zero-order valence-electron chi connectivity index (χ0n) is 10.2. The number of halogens is 1. The van der Waals surface area contributed by atoms with Crippen LogP contribution in [0.5, 0.6) is 0 Å². The van der Waals surface area contributed by atoms with Gasteiger partial charge in [-0.2, -0.15) is 0 Å². The maximum Gasteiger partial charge on any atom is 0.115 e. The Kier molecular flexibility index (Phi) is 4.64. The first-order valence-corrected chi connectivity index (χ1v) is 7.09. The van der Waals surface area contributed by atoms with Crippen molar-refractivity contribution in [2.75, 3.05) is 0 Å². The van der Waals surface area contributed by atoms with Crippen LogP contribution in [0, 0.1) is 6.92 Å². The number of benzene rings is 1. The normalized spacial score (nSPS) is 10.6. The van der Waals surface area contributed by atoms with E-state index in [4.69, 9.17) is 17.3 Å².